The average Bonchev–Trinajstić information content (AvgIpc) is 3.04. The van der Waals surface area contributed by atoms with Gasteiger partial charge in [0.1, 0.15) is 0 Å². The van der Waals surface area contributed by atoms with Gasteiger partial charge in [-0.3, -0.25) is 0 Å². The summed E-state index contributed by atoms with van der Waals surface area (Å²) in [7, 11) is 0. The number of aliphatic hydroxyl groups excluding tert-OH is 1. The quantitative estimate of drug-likeness (QED) is 0.920. The smallest absolute Gasteiger partial charge is 0.0934 e. The van der Waals surface area contributed by atoms with E-state index in [1.54, 1.807) is 18.6 Å². The minimum Gasteiger partial charge on any atom is -0.545 e. The third-order valence-electron chi connectivity index (χ3n) is 7.05. The Morgan fingerprint density at radius 2 is 2.21 bits per heavy atom. The van der Waals surface area contributed by atoms with Crippen molar-refractivity contribution < 1.29 is 19.4 Å². The maximum Gasteiger partial charge on any atom is 0.0934 e. The van der Waals surface area contributed by atoms with Crippen LogP contribution in [0.3, 0.4) is 0 Å². The molecule has 4 nitrogen and oxygen atoms in total. The molecule has 1 saturated carbocycles. The van der Waals surface area contributed by atoms with Crippen molar-refractivity contribution in [2.45, 2.75) is 59.0 Å². The number of allylic oxidation sites excluding steroid dienone is 1. The highest BCUT2D eigenvalue weighted by Crippen LogP contribution is 2.61. The Kier molecular flexibility index (Phi) is 4.37. The number of carbonyl (C=O) groups excluding carboxylic acids is 1. The molecular formula is C20H27O4-. The summed E-state index contributed by atoms with van der Waals surface area (Å²) in [6, 6.07) is 1.98. The van der Waals surface area contributed by atoms with Crippen molar-refractivity contribution in [2.75, 3.05) is 0 Å². The first-order valence-electron chi connectivity index (χ1n) is 8.91. The van der Waals surface area contributed by atoms with E-state index < -0.39 is 17.5 Å². The van der Waals surface area contributed by atoms with Crippen LogP contribution in [0.1, 0.15) is 52.0 Å². The number of carbonyl (C=O) groups is 1. The second-order valence-electron chi connectivity index (χ2n) is 8.11. The summed E-state index contributed by atoms with van der Waals surface area (Å²) in [4.78, 5) is 11.7. The zero-order valence-corrected chi connectivity index (χ0v) is 14.7. The first-order valence-corrected chi connectivity index (χ1v) is 8.91. The summed E-state index contributed by atoms with van der Waals surface area (Å²) >= 11 is 0. The first kappa shape index (κ1) is 17.3. The molecule has 132 valence electrons. The first-order chi connectivity index (χ1) is 11.3. The highest BCUT2D eigenvalue weighted by molar-refractivity contribution is 5.87. The summed E-state index contributed by atoms with van der Waals surface area (Å²) in [6.07, 6.45) is 8.74. The molecule has 24 heavy (non-hydrogen) atoms. The van der Waals surface area contributed by atoms with E-state index in [0.717, 1.165) is 25.7 Å². The number of rotatable bonds is 4. The Morgan fingerprint density at radius 1 is 1.46 bits per heavy atom. The van der Waals surface area contributed by atoms with E-state index >= 15 is 0 Å². The molecule has 5 atom stereocenters. The summed E-state index contributed by atoms with van der Waals surface area (Å²) in [5.74, 6) is -0.667. The number of fused-ring (bicyclic) bond motifs is 1. The second kappa shape index (κ2) is 6.07. The average molecular weight is 331 g/mol. The molecule has 0 bridgehead atoms. The Balaban J connectivity index is 1.94. The van der Waals surface area contributed by atoms with Gasteiger partial charge < -0.3 is 19.4 Å². The molecule has 1 aromatic rings. The molecule has 1 aromatic heterocycles. The van der Waals surface area contributed by atoms with Gasteiger partial charge in [0.25, 0.3) is 0 Å². The second-order valence-corrected chi connectivity index (χ2v) is 8.11. The molecule has 4 heteroatoms. The van der Waals surface area contributed by atoms with Crippen LogP contribution in [0.5, 0.6) is 0 Å². The molecule has 1 N–H and O–H groups in total. The molecule has 2 aliphatic rings. The maximum atomic E-state index is 11.7. The number of aliphatic carboxylic acids is 1. The molecule has 2 aliphatic carbocycles. The Morgan fingerprint density at radius 3 is 2.83 bits per heavy atom. The van der Waals surface area contributed by atoms with E-state index in [0.29, 0.717) is 17.9 Å². The summed E-state index contributed by atoms with van der Waals surface area (Å²) in [6.45, 7) is 6.38. The van der Waals surface area contributed by atoms with Crippen LogP contribution in [0.4, 0.5) is 0 Å². The van der Waals surface area contributed by atoms with Gasteiger partial charge in [-0.25, -0.2) is 0 Å². The maximum absolute atomic E-state index is 11.7. The van der Waals surface area contributed by atoms with Crippen LogP contribution in [0, 0.1) is 22.7 Å². The van der Waals surface area contributed by atoms with Crippen LogP contribution in [0.25, 0.3) is 0 Å². The van der Waals surface area contributed by atoms with Gasteiger partial charge >= 0.3 is 0 Å². The van der Waals surface area contributed by atoms with Crippen LogP contribution >= 0.6 is 0 Å². The van der Waals surface area contributed by atoms with Gasteiger partial charge in [0.15, 0.2) is 0 Å². The van der Waals surface area contributed by atoms with Gasteiger partial charge in [-0.05, 0) is 66.6 Å². The van der Waals surface area contributed by atoms with Crippen LogP contribution in [0.2, 0.25) is 0 Å². The fourth-order valence-electron chi connectivity index (χ4n) is 5.29. The van der Waals surface area contributed by atoms with Gasteiger partial charge in [-0.1, -0.05) is 26.8 Å². The highest BCUT2D eigenvalue weighted by Gasteiger charge is 2.58. The molecule has 3 rings (SSSR count). The molecule has 0 spiro atoms. The number of carboxylic acids is 1. The number of hydrogen-bond donors (Lipinski definition) is 1. The van der Waals surface area contributed by atoms with E-state index in [9.17, 15) is 15.0 Å². The molecule has 1 heterocycles. The van der Waals surface area contributed by atoms with Crippen molar-refractivity contribution in [1.29, 1.82) is 0 Å². The van der Waals surface area contributed by atoms with Crippen LogP contribution < -0.4 is 5.11 Å². The van der Waals surface area contributed by atoms with Crippen molar-refractivity contribution in [1.82, 2.24) is 0 Å². The normalized spacial score (nSPS) is 39.2. The summed E-state index contributed by atoms with van der Waals surface area (Å²) in [5, 5.41) is 22.5. The summed E-state index contributed by atoms with van der Waals surface area (Å²) in [5.41, 5.74) is 0.713. The van der Waals surface area contributed by atoms with Crippen LogP contribution in [-0.4, -0.2) is 17.2 Å². The predicted octanol–water partition coefficient (Wildman–Crippen LogP) is 2.71. The van der Waals surface area contributed by atoms with Gasteiger partial charge in [0.05, 0.1) is 24.6 Å². The lowest BCUT2D eigenvalue weighted by Gasteiger charge is -2.60. The standard InChI is InChI=1S/C20H28O4/c1-13-11-17(21)20(3)15(18(22)23)5-4-6-16(20)19(13,2)9-7-14-8-10-24-12-14/h5,8,10,12-13,16-17,21H,4,6-7,9,11H2,1-3H3,(H,22,23)/p-1/t13-,16+,17-,19+,20-/m1/s1. The van der Waals surface area contributed by atoms with Crippen molar-refractivity contribution in [3.63, 3.8) is 0 Å². The van der Waals surface area contributed by atoms with Crippen molar-refractivity contribution in [3.8, 4) is 0 Å². The fourth-order valence-corrected chi connectivity index (χ4v) is 5.29. The molecule has 0 amide bonds. The van der Waals surface area contributed by atoms with E-state index in [2.05, 4.69) is 13.8 Å². The monoisotopic (exact) mass is 331 g/mol. The van der Waals surface area contributed by atoms with Gasteiger partial charge in [0.2, 0.25) is 0 Å². The number of aryl methyl sites for hydroxylation is 1. The van der Waals surface area contributed by atoms with Crippen molar-refractivity contribution in [2.24, 2.45) is 22.7 Å². The Bertz CT molecular complexity index is 632. The van der Waals surface area contributed by atoms with Gasteiger partial charge in [-0.2, -0.15) is 0 Å². The number of furan rings is 1. The Hall–Kier alpha value is -1.55. The Labute approximate surface area is 143 Å². The molecule has 0 unspecified atom stereocenters. The molecular weight excluding hydrogens is 304 g/mol. The lowest BCUT2D eigenvalue weighted by molar-refractivity contribution is -0.302. The topological polar surface area (TPSA) is 73.5 Å². The largest absolute Gasteiger partial charge is 0.545 e. The number of hydrogen-bond acceptors (Lipinski definition) is 4. The third kappa shape index (κ3) is 2.52. The minimum atomic E-state index is -1.13. The number of carboxylic acid groups (broad SMARTS) is 1. The van der Waals surface area contributed by atoms with Gasteiger partial charge in [-0.15, -0.1) is 0 Å². The molecule has 0 radical (unpaired) electrons. The zero-order chi connectivity index (χ0) is 17.5. The minimum absolute atomic E-state index is 0.0276. The van der Waals surface area contributed by atoms with Crippen LogP contribution in [-0.2, 0) is 11.2 Å². The lowest BCUT2D eigenvalue weighted by atomic mass is 9.45. The molecule has 0 aromatic carbocycles. The number of aliphatic hydroxyl groups is 1. The highest BCUT2D eigenvalue weighted by atomic mass is 16.4. The molecule has 1 fully saturated rings. The van der Waals surface area contributed by atoms with E-state index in [1.165, 1.54) is 5.56 Å². The predicted molar refractivity (Wildman–Crippen MR) is 88.8 cm³/mol. The lowest BCUT2D eigenvalue weighted by Crippen LogP contribution is -2.58. The fraction of sp³-hybridized carbons (Fsp3) is 0.650. The third-order valence-corrected chi connectivity index (χ3v) is 7.05. The molecule has 0 aliphatic heterocycles. The van der Waals surface area contributed by atoms with E-state index in [4.69, 9.17) is 4.42 Å². The molecule has 0 saturated heterocycles. The SMILES string of the molecule is C[C@@H]1C[C@@H](O)[C@]2(C)C(C(=O)[O-])=CCC[C@H]2[C@@]1(C)CCc1ccoc1. The van der Waals surface area contributed by atoms with Crippen LogP contribution in [0.15, 0.2) is 34.7 Å². The van der Waals surface area contributed by atoms with Gasteiger partial charge in [0, 0.05) is 5.41 Å². The van der Waals surface area contributed by atoms with Crippen molar-refractivity contribution >= 4 is 5.97 Å². The zero-order valence-electron chi connectivity index (χ0n) is 14.7. The van der Waals surface area contributed by atoms with E-state index in [1.807, 2.05) is 13.0 Å². The van der Waals surface area contributed by atoms with Crippen molar-refractivity contribution in [3.05, 3.63) is 35.8 Å². The summed E-state index contributed by atoms with van der Waals surface area (Å²) < 4.78 is 5.17. The van der Waals surface area contributed by atoms with E-state index in [-0.39, 0.29) is 11.3 Å².